The summed E-state index contributed by atoms with van der Waals surface area (Å²) in [5.74, 6) is 0. The van der Waals surface area contributed by atoms with Gasteiger partial charge < -0.3 is 15.5 Å². The molecule has 4 nitrogen and oxygen atoms in total. The van der Waals surface area contributed by atoms with Gasteiger partial charge in [-0.25, -0.2) is 4.85 Å². The summed E-state index contributed by atoms with van der Waals surface area (Å²) in [6, 6.07) is 5.57. The van der Waals surface area contributed by atoms with Crippen molar-refractivity contribution in [2.24, 2.45) is 0 Å². The molecule has 2 N–H and O–H groups in total. The molecule has 1 aliphatic heterocycles. The van der Waals surface area contributed by atoms with E-state index in [4.69, 9.17) is 12.3 Å². The minimum Gasteiger partial charge on any atom is -0.400 e. The third-order valence-electron chi connectivity index (χ3n) is 2.96. The molecule has 1 aromatic carbocycles. The van der Waals surface area contributed by atoms with Crippen molar-refractivity contribution < 1.29 is 0 Å². The smallest absolute Gasteiger partial charge is 0.211 e. The highest BCUT2D eigenvalue weighted by Gasteiger charge is 2.16. The van der Waals surface area contributed by atoms with Crippen molar-refractivity contribution in [3.8, 4) is 0 Å². The highest BCUT2D eigenvalue weighted by atomic mass is 15.3. The third-order valence-corrected chi connectivity index (χ3v) is 2.96. The van der Waals surface area contributed by atoms with E-state index in [0.717, 1.165) is 31.9 Å². The molecular weight excluding hydrogens is 200 g/mol. The van der Waals surface area contributed by atoms with Crippen LogP contribution in [-0.4, -0.2) is 38.1 Å². The molecule has 1 fully saturated rings. The van der Waals surface area contributed by atoms with Gasteiger partial charge in [0.15, 0.2) is 0 Å². The van der Waals surface area contributed by atoms with Crippen LogP contribution in [0.5, 0.6) is 0 Å². The van der Waals surface area contributed by atoms with Gasteiger partial charge in [0.25, 0.3) is 0 Å². The lowest BCUT2D eigenvalue weighted by Gasteiger charge is -2.34. The molecule has 16 heavy (non-hydrogen) atoms. The van der Waals surface area contributed by atoms with Gasteiger partial charge in [-0.05, 0) is 25.2 Å². The summed E-state index contributed by atoms with van der Waals surface area (Å²) >= 11 is 0. The number of nitrogens with two attached hydrogens (primary N) is 1. The van der Waals surface area contributed by atoms with Crippen LogP contribution in [0.4, 0.5) is 17.1 Å². The van der Waals surface area contributed by atoms with Gasteiger partial charge in [0.1, 0.15) is 0 Å². The lowest BCUT2D eigenvalue weighted by molar-refractivity contribution is 0.313. The third kappa shape index (κ3) is 2.10. The highest BCUT2D eigenvalue weighted by molar-refractivity contribution is 5.75. The van der Waals surface area contributed by atoms with Crippen LogP contribution in [-0.2, 0) is 0 Å². The van der Waals surface area contributed by atoms with Crippen LogP contribution < -0.4 is 10.6 Å². The summed E-state index contributed by atoms with van der Waals surface area (Å²) in [6.07, 6.45) is 0. The molecule has 0 amide bonds. The molecule has 0 saturated carbocycles. The fourth-order valence-electron chi connectivity index (χ4n) is 1.94. The fourth-order valence-corrected chi connectivity index (χ4v) is 1.94. The average Bonchev–Trinajstić information content (AvgIpc) is 2.30. The summed E-state index contributed by atoms with van der Waals surface area (Å²) in [5.41, 5.74) is 8.01. The number of piperazine rings is 1. The lowest BCUT2D eigenvalue weighted by Crippen LogP contribution is -2.44. The van der Waals surface area contributed by atoms with Crippen molar-refractivity contribution in [2.75, 3.05) is 43.9 Å². The van der Waals surface area contributed by atoms with E-state index in [1.165, 1.54) is 0 Å². The van der Waals surface area contributed by atoms with Crippen LogP contribution in [0.2, 0.25) is 0 Å². The topological polar surface area (TPSA) is 36.9 Å². The zero-order valence-corrected chi connectivity index (χ0v) is 9.48. The normalized spacial score (nSPS) is 17.1. The molecule has 0 radical (unpaired) electrons. The van der Waals surface area contributed by atoms with E-state index >= 15 is 0 Å². The molecule has 0 bridgehead atoms. The molecule has 4 heteroatoms. The number of benzene rings is 1. The molecule has 0 spiro atoms. The zero-order valence-electron chi connectivity index (χ0n) is 9.48. The van der Waals surface area contributed by atoms with Crippen LogP contribution in [0, 0.1) is 6.57 Å². The fraction of sp³-hybridized carbons (Fsp3) is 0.417. The molecule has 2 rings (SSSR count). The Bertz CT molecular complexity index is 414. The summed E-state index contributed by atoms with van der Waals surface area (Å²) in [7, 11) is 2.12. The minimum atomic E-state index is 0.656. The Morgan fingerprint density at radius 3 is 2.56 bits per heavy atom. The number of hydrogen-bond acceptors (Lipinski definition) is 3. The Balaban J connectivity index is 2.24. The van der Waals surface area contributed by atoms with Gasteiger partial charge in [-0.15, -0.1) is 0 Å². The Hall–Kier alpha value is -1.73. The molecular formula is C12H16N4. The Labute approximate surface area is 96.1 Å². The number of anilines is 2. The molecule has 1 saturated heterocycles. The molecule has 0 unspecified atom stereocenters. The molecule has 0 aliphatic carbocycles. The number of nitrogen functional groups attached to an aromatic ring is 1. The SMILES string of the molecule is [C-]#[N+]c1cc(N)ccc1N1CCN(C)CC1. The minimum absolute atomic E-state index is 0.656. The van der Waals surface area contributed by atoms with Gasteiger partial charge in [0.05, 0.1) is 6.57 Å². The first-order chi connectivity index (χ1) is 7.70. The zero-order chi connectivity index (χ0) is 11.5. The summed E-state index contributed by atoms with van der Waals surface area (Å²) < 4.78 is 0. The van der Waals surface area contributed by atoms with E-state index in [0.29, 0.717) is 11.4 Å². The monoisotopic (exact) mass is 216 g/mol. The van der Waals surface area contributed by atoms with Crippen molar-refractivity contribution in [3.05, 3.63) is 29.6 Å². The van der Waals surface area contributed by atoms with Crippen molar-refractivity contribution in [3.63, 3.8) is 0 Å². The maximum atomic E-state index is 7.17. The van der Waals surface area contributed by atoms with Gasteiger partial charge in [-0.1, -0.05) is 0 Å². The van der Waals surface area contributed by atoms with Crippen molar-refractivity contribution in [2.45, 2.75) is 0 Å². The number of rotatable bonds is 1. The van der Waals surface area contributed by atoms with Crippen LogP contribution in [0.3, 0.4) is 0 Å². The van der Waals surface area contributed by atoms with Gasteiger partial charge >= 0.3 is 0 Å². The first-order valence-corrected chi connectivity index (χ1v) is 5.41. The lowest BCUT2D eigenvalue weighted by atomic mass is 10.2. The summed E-state index contributed by atoms with van der Waals surface area (Å²) in [6.45, 7) is 11.2. The molecule has 1 aromatic rings. The Morgan fingerprint density at radius 1 is 1.25 bits per heavy atom. The molecule has 1 aliphatic rings. The van der Waals surface area contributed by atoms with Gasteiger partial charge in [0, 0.05) is 37.6 Å². The van der Waals surface area contributed by atoms with E-state index in [1.54, 1.807) is 6.07 Å². The molecule has 1 heterocycles. The number of nitrogens with zero attached hydrogens (tertiary/aromatic N) is 3. The Kier molecular flexibility index (Phi) is 2.97. The van der Waals surface area contributed by atoms with E-state index in [2.05, 4.69) is 21.7 Å². The summed E-state index contributed by atoms with van der Waals surface area (Å²) in [4.78, 5) is 8.09. The van der Waals surface area contributed by atoms with E-state index in [1.807, 2.05) is 12.1 Å². The molecule has 0 aromatic heterocycles. The Morgan fingerprint density at radius 2 is 1.94 bits per heavy atom. The molecule has 84 valence electrons. The largest absolute Gasteiger partial charge is 0.400 e. The second-order valence-corrected chi connectivity index (χ2v) is 4.15. The van der Waals surface area contributed by atoms with Crippen molar-refractivity contribution in [1.82, 2.24) is 4.90 Å². The second kappa shape index (κ2) is 4.42. The van der Waals surface area contributed by atoms with Crippen LogP contribution in [0.1, 0.15) is 0 Å². The predicted molar refractivity (Wildman–Crippen MR) is 66.8 cm³/mol. The highest BCUT2D eigenvalue weighted by Crippen LogP contribution is 2.31. The van der Waals surface area contributed by atoms with Gasteiger partial charge in [-0.3, -0.25) is 0 Å². The first-order valence-electron chi connectivity index (χ1n) is 5.41. The second-order valence-electron chi connectivity index (χ2n) is 4.15. The van der Waals surface area contributed by atoms with Crippen molar-refractivity contribution in [1.29, 1.82) is 0 Å². The standard InChI is InChI=1S/C12H16N4/c1-14-11-9-10(13)3-4-12(11)16-7-5-15(2)6-8-16/h3-4,9H,5-8,13H2,2H3. The predicted octanol–water partition coefficient (Wildman–Crippen LogP) is 1.57. The summed E-state index contributed by atoms with van der Waals surface area (Å²) in [5, 5.41) is 0. The first kappa shape index (κ1) is 10.8. The maximum Gasteiger partial charge on any atom is 0.211 e. The quantitative estimate of drug-likeness (QED) is 0.572. The number of hydrogen-bond donors (Lipinski definition) is 1. The van der Waals surface area contributed by atoms with Gasteiger partial charge in [-0.2, -0.15) is 0 Å². The van der Waals surface area contributed by atoms with E-state index in [-0.39, 0.29) is 0 Å². The van der Waals surface area contributed by atoms with E-state index in [9.17, 15) is 0 Å². The van der Waals surface area contributed by atoms with Crippen LogP contribution in [0.15, 0.2) is 18.2 Å². The van der Waals surface area contributed by atoms with Crippen LogP contribution >= 0.6 is 0 Å². The van der Waals surface area contributed by atoms with Gasteiger partial charge in [0.2, 0.25) is 5.69 Å². The average molecular weight is 216 g/mol. The maximum absolute atomic E-state index is 7.17. The molecule has 0 atom stereocenters. The van der Waals surface area contributed by atoms with E-state index < -0.39 is 0 Å². The van der Waals surface area contributed by atoms with Crippen LogP contribution in [0.25, 0.3) is 4.85 Å². The van der Waals surface area contributed by atoms with Crippen molar-refractivity contribution >= 4 is 17.1 Å². The number of likely N-dealkylation sites (N-methyl/N-ethyl adjacent to an activating group) is 1.